The second-order valence-electron chi connectivity index (χ2n) is 7.13. The molecule has 3 atom stereocenters. The van der Waals surface area contributed by atoms with Gasteiger partial charge in [0.1, 0.15) is 6.29 Å². The van der Waals surface area contributed by atoms with Crippen molar-refractivity contribution in [2.75, 3.05) is 0 Å². The van der Waals surface area contributed by atoms with Crippen LogP contribution in [0.25, 0.3) is 0 Å². The fourth-order valence-electron chi connectivity index (χ4n) is 4.01. The SMILES string of the molecule is CC1CCC(CCC2CCC(C=O)CC2)CC1C. The number of carbonyl (C=O) groups excluding carboxylic acids is 1. The van der Waals surface area contributed by atoms with Gasteiger partial charge < -0.3 is 4.79 Å². The van der Waals surface area contributed by atoms with Gasteiger partial charge in [-0.25, -0.2) is 0 Å². The highest BCUT2D eigenvalue weighted by molar-refractivity contribution is 5.53. The predicted molar refractivity (Wildman–Crippen MR) is 76.4 cm³/mol. The Kier molecular flexibility index (Phi) is 5.26. The predicted octanol–water partition coefficient (Wildman–Crippen LogP) is 4.84. The average Bonchev–Trinajstić information content (AvgIpc) is 2.41. The smallest absolute Gasteiger partial charge is 0.123 e. The van der Waals surface area contributed by atoms with Gasteiger partial charge in [0.05, 0.1) is 0 Å². The van der Waals surface area contributed by atoms with Gasteiger partial charge in [0.15, 0.2) is 0 Å². The second-order valence-corrected chi connectivity index (χ2v) is 7.13. The van der Waals surface area contributed by atoms with E-state index in [0.717, 1.165) is 36.5 Å². The van der Waals surface area contributed by atoms with Crippen molar-refractivity contribution in [3.05, 3.63) is 0 Å². The van der Waals surface area contributed by atoms with Gasteiger partial charge >= 0.3 is 0 Å². The third kappa shape index (κ3) is 3.83. The number of hydrogen-bond donors (Lipinski definition) is 0. The molecule has 0 aromatic heterocycles. The van der Waals surface area contributed by atoms with Crippen LogP contribution in [0.4, 0.5) is 0 Å². The lowest BCUT2D eigenvalue weighted by atomic mass is 9.72. The highest BCUT2D eigenvalue weighted by Gasteiger charge is 2.26. The summed E-state index contributed by atoms with van der Waals surface area (Å²) >= 11 is 0. The van der Waals surface area contributed by atoms with Crippen LogP contribution in [0.3, 0.4) is 0 Å². The van der Waals surface area contributed by atoms with E-state index in [2.05, 4.69) is 13.8 Å². The number of hydrogen-bond acceptors (Lipinski definition) is 1. The van der Waals surface area contributed by atoms with Crippen LogP contribution in [0.2, 0.25) is 0 Å². The van der Waals surface area contributed by atoms with Gasteiger partial charge in [0.25, 0.3) is 0 Å². The molecule has 0 aromatic rings. The minimum atomic E-state index is 0.386. The van der Waals surface area contributed by atoms with E-state index in [9.17, 15) is 4.79 Å². The van der Waals surface area contributed by atoms with Gasteiger partial charge in [-0.1, -0.05) is 39.5 Å². The molecule has 1 heteroatoms. The molecule has 0 bridgehead atoms. The van der Waals surface area contributed by atoms with Gasteiger partial charge in [-0.05, 0) is 55.8 Å². The standard InChI is InChI=1S/C17H30O/c1-13-3-4-16(11-14(13)2)8-5-15-6-9-17(12-18)10-7-15/h12-17H,3-11H2,1-2H3. The van der Waals surface area contributed by atoms with E-state index in [1.807, 2.05) is 0 Å². The zero-order valence-electron chi connectivity index (χ0n) is 12.2. The van der Waals surface area contributed by atoms with E-state index in [1.54, 1.807) is 0 Å². The molecule has 2 aliphatic carbocycles. The van der Waals surface area contributed by atoms with Crippen LogP contribution in [-0.4, -0.2) is 6.29 Å². The van der Waals surface area contributed by atoms with E-state index in [0.29, 0.717) is 5.92 Å². The number of aldehydes is 1. The number of rotatable bonds is 4. The summed E-state index contributed by atoms with van der Waals surface area (Å²) in [5.74, 6) is 4.20. The molecule has 18 heavy (non-hydrogen) atoms. The zero-order valence-corrected chi connectivity index (χ0v) is 12.2. The van der Waals surface area contributed by atoms with E-state index in [1.165, 1.54) is 51.2 Å². The van der Waals surface area contributed by atoms with Crippen molar-refractivity contribution in [1.82, 2.24) is 0 Å². The fraction of sp³-hybridized carbons (Fsp3) is 0.941. The van der Waals surface area contributed by atoms with Gasteiger partial charge in [-0.15, -0.1) is 0 Å². The van der Waals surface area contributed by atoms with Crippen LogP contribution in [0, 0.1) is 29.6 Å². The molecule has 2 rings (SSSR count). The lowest BCUT2D eigenvalue weighted by Crippen LogP contribution is -2.22. The minimum absolute atomic E-state index is 0.386. The van der Waals surface area contributed by atoms with Crippen LogP contribution in [0.1, 0.15) is 71.6 Å². The van der Waals surface area contributed by atoms with Crippen LogP contribution in [-0.2, 0) is 4.79 Å². The second kappa shape index (κ2) is 6.73. The van der Waals surface area contributed by atoms with Crippen molar-refractivity contribution in [3.8, 4) is 0 Å². The normalized spacial score (nSPS) is 41.6. The maximum atomic E-state index is 10.7. The van der Waals surface area contributed by atoms with E-state index in [4.69, 9.17) is 0 Å². The largest absolute Gasteiger partial charge is 0.303 e. The molecule has 0 aromatic carbocycles. The van der Waals surface area contributed by atoms with Crippen LogP contribution in [0.5, 0.6) is 0 Å². The first-order valence-electron chi connectivity index (χ1n) is 8.14. The molecule has 0 saturated heterocycles. The minimum Gasteiger partial charge on any atom is -0.303 e. The Morgan fingerprint density at radius 2 is 1.44 bits per heavy atom. The first-order valence-corrected chi connectivity index (χ1v) is 8.14. The fourth-order valence-corrected chi connectivity index (χ4v) is 4.01. The van der Waals surface area contributed by atoms with Crippen molar-refractivity contribution >= 4 is 6.29 Å². The van der Waals surface area contributed by atoms with Gasteiger partial charge in [0, 0.05) is 5.92 Å². The van der Waals surface area contributed by atoms with Gasteiger partial charge in [-0.3, -0.25) is 0 Å². The molecule has 2 saturated carbocycles. The Bertz CT molecular complexity index is 252. The molecular formula is C17H30O. The Hall–Kier alpha value is -0.330. The quantitative estimate of drug-likeness (QED) is 0.652. The van der Waals surface area contributed by atoms with Crippen molar-refractivity contribution in [2.45, 2.75) is 71.6 Å². The molecule has 0 amide bonds. The lowest BCUT2D eigenvalue weighted by molar-refractivity contribution is -0.112. The Labute approximate surface area is 113 Å². The Balaban J connectivity index is 1.65. The molecule has 104 valence electrons. The van der Waals surface area contributed by atoms with Gasteiger partial charge in [-0.2, -0.15) is 0 Å². The highest BCUT2D eigenvalue weighted by atomic mass is 16.1. The van der Waals surface area contributed by atoms with E-state index >= 15 is 0 Å². The molecule has 3 unspecified atom stereocenters. The summed E-state index contributed by atoms with van der Waals surface area (Å²) in [5.41, 5.74) is 0. The van der Waals surface area contributed by atoms with Crippen molar-refractivity contribution < 1.29 is 4.79 Å². The summed E-state index contributed by atoms with van der Waals surface area (Å²) < 4.78 is 0. The van der Waals surface area contributed by atoms with E-state index < -0.39 is 0 Å². The summed E-state index contributed by atoms with van der Waals surface area (Å²) in [4.78, 5) is 10.7. The maximum absolute atomic E-state index is 10.7. The summed E-state index contributed by atoms with van der Waals surface area (Å²) in [5, 5.41) is 0. The van der Waals surface area contributed by atoms with Crippen LogP contribution < -0.4 is 0 Å². The molecule has 2 aliphatic rings. The van der Waals surface area contributed by atoms with Crippen LogP contribution >= 0.6 is 0 Å². The van der Waals surface area contributed by atoms with E-state index in [-0.39, 0.29) is 0 Å². The van der Waals surface area contributed by atoms with Crippen molar-refractivity contribution in [2.24, 2.45) is 29.6 Å². The zero-order chi connectivity index (χ0) is 13.0. The summed E-state index contributed by atoms with van der Waals surface area (Å²) in [7, 11) is 0. The topological polar surface area (TPSA) is 17.1 Å². The molecule has 0 aliphatic heterocycles. The third-order valence-electron chi connectivity index (χ3n) is 5.77. The molecule has 0 radical (unpaired) electrons. The van der Waals surface area contributed by atoms with Gasteiger partial charge in [0.2, 0.25) is 0 Å². The molecular weight excluding hydrogens is 220 g/mol. The summed E-state index contributed by atoms with van der Waals surface area (Å²) in [6.45, 7) is 4.85. The number of carbonyl (C=O) groups is 1. The molecule has 2 fully saturated rings. The molecule has 0 heterocycles. The van der Waals surface area contributed by atoms with Crippen molar-refractivity contribution in [1.29, 1.82) is 0 Å². The average molecular weight is 250 g/mol. The first kappa shape index (κ1) is 14.1. The maximum Gasteiger partial charge on any atom is 0.123 e. The van der Waals surface area contributed by atoms with Crippen molar-refractivity contribution in [3.63, 3.8) is 0 Å². The summed E-state index contributed by atoms with van der Waals surface area (Å²) in [6.07, 6.45) is 13.4. The summed E-state index contributed by atoms with van der Waals surface area (Å²) in [6, 6.07) is 0. The molecule has 0 spiro atoms. The van der Waals surface area contributed by atoms with Crippen LogP contribution in [0.15, 0.2) is 0 Å². The third-order valence-corrected chi connectivity index (χ3v) is 5.77. The molecule has 0 N–H and O–H groups in total. The Morgan fingerprint density at radius 1 is 0.833 bits per heavy atom. The monoisotopic (exact) mass is 250 g/mol. The highest BCUT2D eigenvalue weighted by Crippen LogP contribution is 2.38. The first-order chi connectivity index (χ1) is 8.69. The molecule has 1 nitrogen and oxygen atoms in total. The Morgan fingerprint density at radius 3 is 2.06 bits per heavy atom. The lowest BCUT2D eigenvalue weighted by Gasteiger charge is -2.33.